The van der Waals surface area contributed by atoms with Crippen LogP contribution in [0.15, 0.2) is 18.2 Å². The Morgan fingerprint density at radius 3 is 2.93 bits per heavy atom. The fourth-order valence-corrected chi connectivity index (χ4v) is 2.36. The van der Waals surface area contributed by atoms with Crippen molar-refractivity contribution in [1.29, 1.82) is 0 Å². The summed E-state index contributed by atoms with van der Waals surface area (Å²) in [5.74, 6) is 1.04. The van der Waals surface area contributed by atoms with Crippen LogP contribution in [0.1, 0.15) is 30.4 Å². The van der Waals surface area contributed by atoms with Crippen molar-refractivity contribution in [2.75, 3.05) is 13.2 Å². The Kier molecular flexibility index (Phi) is 1.99. The van der Waals surface area contributed by atoms with Crippen LogP contribution in [0, 0.1) is 0 Å². The molecular formula is C13H16O2. The maximum Gasteiger partial charge on any atom is 0.122 e. The summed E-state index contributed by atoms with van der Waals surface area (Å²) >= 11 is 0. The molecule has 0 saturated heterocycles. The van der Waals surface area contributed by atoms with Crippen LogP contribution in [0.2, 0.25) is 0 Å². The Labute approximate surface area is 89.9 Å². The maximum atomic E-state index is 9.37. The van der Waals surface area contributed by atoms with Crippen molar-refractivity contribution in [2.45, 2.75) is 31.1 Å². The van der Waals surface area contributed by atoms with E-state index in [9.17, 15) is 5.11 Å². The van der Waals surface area contributed by atoms with E-state index in [0.717, 1.165) is 38.0 Å². The molecule has 1 heterocycles. The predicted octanol–water partition coefficient (Wildman–Crippen LogP) is 2.04. The SMILES string of the molecule is OCC1(c2ccc3c(c2)OCCC3)CC1. The molecule has 1 aromatic carbocycles. The van der Waals surface area contributed by atoms with Gasteiger partial charge in [-0.1, -0.05) is 12.1 Å². The number of hydrogen-bond acceptors (Lipinski definition) is 2. The third-order valence-electron chi connectivity index (χ3n) is 3.68. The van der Waals surface area contributed by atoms with Crippen LogP contribution in [0.4, 0.5) is 0 Å². The van der Waals surface area contributed by atoms with Gasteiger partial charge in [0.1, 0.15) is 5.75 Å². The molecule has 2 aliphatic rings. The number of rotatable bonds is 2. The minimum absolute atomic E-state index is 0.0653. The average molecular weight is 204 g/mol. The molecular weight excluding hydrogens is 188 g/mol. The highest BCUT2D eigenvalue weighted by molar-refractivity contribution is 5.43. The van der Waals surface area contributed by atoms with Gasteiger partial charge < -0.3 is 9.84 Å². The van der Waals surface area contributed by atoms with E-state index in [2.05, 4.69) is 18.2 Å². The van der Waals surface area contributed by atoms with Crippen LogP contribution < -0.4 is 4.74 Å². The average Bonchev–Trinajstić information content (AvgIpc) is 3.09. The normalized spacial score (nSPS) is 21.7. The lowest BCUT2D eigenvalue weighted by Crippen LogP contribution is -2.14. The smallest absolute Gasteiger partial charge is 0.122 e. The van der Waals surface area contributed by atoms with Crippen molar-refractivity contribution in [3.63, 3.8) is 0 Å². The van der Waals surface area contributed by atoms with Gasteiger partial charge in [-0.15, -0.1) is 0 Å². The molecule has 1 N–H and O–H groups in total. The second-order valence-corrected chi connectivity index (χ2v) is 4.71. The lowest BCUT2D eigenvalue weighted by molar-refractivity contribution is 0.253. The summed E-state index contributed by atoms with van der Waals surface area (Å²) in [7, 11) is 0. The molecule has 0 radical (unpaired) electrons. The number of fused-ring (bicyclic) bond motifs is 1. The summed E-state index contributed by atoms with van der Waals surface area (Å²) in [4.78, 5) is 0. The van der Waals surface area contributed by atoms with Gasteiger partial charge in [0, 0.05) is 5.41 Å². The fraction of sp³-hybridized carbons (Fsp3) is 0.538. The second kappa shape index (κ2) is 3.24. The van der Waals surface area contributed by atoms with Gasteiger partial charge >= 0.3 is 0 Å². The Hall–Kier alpha value is -1.02. The number of aliphatic hydroxyl groups is 1. The molecule has 0 aromatic heterocycles. The van der Waals surface area contributed by atoms with Gasteiger partial charge in [-0.3, -0.25) is 0 Å². The third kappa shape index (κ3) is 1.44. The summed E-state index contributed by atoms with van der Waals surface area (Å²) < 4.78 is 5.65. The molecule has 0 spiro atoms. The molecule has 80 valence electrons. The van der Waals surface area contributed by atoms with Crippen molar-refractivity contribution in [3.05, 3.63) is 29.3 Å². The van der Waals surface area contributed by atoms with Gasteiger partial charge in [0.25, 0.3) is 0 Å². The van der Waals surface area contributed by atoms with Crippen molar-refractivity contribution < 1.29 is 9.84 Å². The van der Waals surface area contributed by atoms with Gasteiger partial charge in [0.05, 0.1) is 13.2 Å². The molecule has 1 aliphatic carbocycles. The highest BCUT2D eigenvalue weighted by atomic mass is 16.5. The van der Waals surface area contributed by atoms with Crippen molar-refractivity contribution in [2.24, 2.45) is 0 Å². The number of aliphatic hydroxyl groups excluding tert-OH is 1. The number of benzene rings is 1. The fourth-order valence-electron chi connectivity index (χ4n) is 2.36. The molecule has 2 heteroatoms. The Bertz CT molecular complexity index is 380. The van der Waals surface area contributed by atoms with E-state index < -0.39 is 0 Å². The zero-order valence-electron chi connectivity index (χ0n) is 8.83. The quantitative estimate of drug-likeness (QED) is 0.798. The number of aryl methyl sites for hydroxylation is 1. The molecule has 0 atom stereocenters. The summed E-state index contributed by atoms with van der Waals surface area (Å²) in [6.07, 6.45) is 4.48. The van der Waals surface area contributed by atoms with E-state index in [1.807, 2.05) is 0 Å². The van der Waals surface area contributed by atoms with E-state index in [1.54, 1.807) is 0 Å². The van der Waals surface area contributed by atoms with Crippen LogP contribution in [0.3, 0.4) is 0 Å². The Balaban J connectivity index is 1.97. The first-order valence-electron chi connectivity index (χ1n) is 5.71. The van der Waals surface area contributed by atoms with E-state index in [1.165, 1.54) is 11.1 Å². The minimum Gasteiger partial charge on any atom is -0.493 e. The molecule has 0 unspecified atom stereocenters. The lowest BCUT2D eigenvalue weighted by Gasteiger charge is -2.20. The highest BCUT2D eigenvalue weighted by Crippen LogP contribution is 2.48. The van der Waals surface area contributed by atoms with E-state index in [0.29, 0.717) is 0 Å². The van der Waals surface area contributed by atoms with Gasteiger partial charge in [-0.25, -0.2) is 0 Å². The largest absolute Gasteiger partial charge is 0.493 e. The summed E-state index contributed by atoms with van der Waals surface area (Å²) in [6, 6.07) is 6.47. The van der Waals surface area contributed by atoms with E-state index in [-0.39, 0.29) is 12.0 Å². The predicted molar refractivity (Wildman–Crippen MR) is 58.3 cm³/mol. The summed E-state index contributed by atoms with van der Waals surface area (Å²) in [5, 5.41) is 9.37. The van der Waals surface area contributed by atoms with Gasteiger partial charge in [-0.2, -0.15) is 0 Å². The maximum absolute atomic E-state index is 9.37. The summed E-state index contributed by atoms with van der Waals surface area (Å²) in [5.41, 5.74) is 2.64. The number of hydrogen-bond donors (Lipinski definition) is 1. The Morgan fingerprint density at radius 2 is 2.20 bits per heavy atom. The van der Waals surface area contributed by atoms with Gasteiger partial charge in [0.15, 0.2) is 0 Å². The second-order valence-electron chi connectivity index (χ2n) is 4.71. The van der Waals surface area contributed by atoms with Gasteiger partial charge in [0.2, 0.25) is 0 Å². The zero-order chi connectivity index (χ0) is 10.3. The molecule has 2 nitrogen and oxygen atoms in total. The monoisotopic (exact) mass is 204 g/mol. The first-order valence-corrected chi connectivity index (χ1v) is 5.71. The number of ether oxygens (including phenoxy) is 1. The van der Waals surface area contributed by atoms with Crippen LogP contribution >= 0.6 is 0 Å². The molecule has 0 bridgehead atoms. The summed E-state index contributed by atoms with van der Waals surface area (Å²) in [6.45, 7) is 1.11. The first-order chi connectivity index (χ1) is 7.34. The minimum atomic E-state index is 0.0653. The standard InChI is InChI=1S/C13H16O2/c14-9-13(5-6-13)11-4-3-10-2-1-7-15-12(10)8-11/h3-4,8,14H,1-2,5-7,9H2. The van der Waals surface area contributed by atoms with E-state index >= 15 is 0 Å². The molecule has 3 rings (SSSR count). The molecule has 1 aliphatic heterocycles. The molecule has 1 aromatic rings. The van der Waals surface area contributed by atoms with Crippen molar-refractivity contribution in [3.8, 4) is 5.75 Å². The molecule has 1 fully saturated rings. The lowest BCUT2D eigenvalue weighted by atomic mass is 9.94. The van der Waals surface area contributed by atoms with Crippen molar-refractivity contribution in [1.82, 2.24) is 0 Å². The van der Waals surface area contributed by atoms with Gasteiger partial charge in [-0.05, 0) is 42.9 Å². The van der Waals surface area contributed by atoms with Crippen LogP contribution in [-0.2, 0) is 11.8 Å². The van der Waals surface area contributed by atoms with E-state index in [4.69, 9.17) is 4.74 Å². The molecule has 1 saturated carbocycles. The topological polar surface area (TPSA) is 29.5 Å². The van der Waals surface area contributed by atoms with Crippen LogP contribution in [-0.4, -0.2) is 18.3 Å². The third-order valence-corrected chi connectivity index (χ3v) is 3.68. The first kappa shape index (κ1) is 9.22. The highest BCUT2D eigenvalue weighted by Gasteiger charge is 2.43. The van der Waals surface area contributed by atoms with Crippen molar-refractivity contribution >= 4 is 0 Å². The molecule has 0 amide bonds. The van der Waals surface area contributed by atoms with Crippen LogP contribution in [0.5, 0.6) is 5.75 Å². The zero-order valence-corrected chi connectivity index (χ0v) is 8.83. The Morgan fingerprint density at radius 1 is 1.33 bits per heavy atom. The van der Waals surface area contributed by atoms with Crippen LogP contribution in [0.25, 0.3) is 0 Å². The molecule has 15 heavy (non-hydrogen) atoms.